The highest BCUT2D eigenvalue weighted by Crippen LogP contribution is 2.30. The molecule has 10 heteroatoms. The summed E-state index contributed by atoms with van der Waals surface area (Å²) >= 11 is 0. The van der Waals surface area contributed by atoms with E-state index in [0.717, 1.165) is 18.9 Å². The van der Waals surface area contributed by atoms with Gasteiger partial charge in [-0.3, -0.25) is 9.69 Å². The molecule has 222 valence electrons. The number of hydrogen-bond acceptors (Lipinski definition) is 5. The molecule has 2 N–H and O–H groups in total. The Bertz CT molecular complexity index is 1160. The van der Waals surface area contributed by atoms with Gasteiger partial charge in [-0.2, -0.15) is 8.78 Å². The van der Waals surface area contributed by atoms with Gasteiger partial charge in [-0.15, -0.1) is 0 Å². The Balaban J connectivity index is 2.41. The molecule has 0 bridgehead atoms. The van der Waals surface area contributed by atoms with Crippen molar-refractivity contribution in [1.29, 1.82) is 0 Å². The number of alkyl halides is 2. The third kappa shape index (κ3) is 9.82. The fourth-order valence-corrected chi connectivity index (χ4v) is 4.75. The lowest BCUT2D eigenvalue weighted by Gasteiger charge is -2.38. The minimum Gasteiger partial charge on any atom is -0.493 e. The number of carbonyl (C=O) groups is 1. The van der Waals surface area contributed by atoms with Crippen molar-refractivity contribution < 1.29 is 31.8 Å². The van der Waals surface area contributed by atoms with Crippen LogP contribution >= 0.6 is 0 Å². The molecule has 1 unspecified atom stereocenters. The number of rotatable bonds is 15. The Hall–Kier alpha value is -3.11. The Kier molecular flexibility index (Phi) is 12.4. The topological polar surface area (TPSA) is 68.0 Å². The van der Waals surface area contributed by atoms with E-state index in [1.54, 1.807) is 17.9 Å². The molecule has 2 aromatic carbocycles. The van der Waals surface area contributed by atoms with E-state index in [4.69, 9.17) is 10.5 Å². The van der Waals surface area contributed by atoms with E-state index >= 15 is 0 Å². The number of likely N-dealkylation sites (N-methyl/N-ethyl adjacent to an activating group) is 1. The van der Waals surface area contributed by atoms with Crippen molar-refractivity contribution in [3.8, 4) is 11.5 Å². The predicted octanol–water partition coefficient (Wildman–Crippen LogP) is 6.35. The number of benzene rings is 2. The van der Waals surface area contributed by atoms with Gasteiger partial charge in [0.05, 0.1) is 7.11 Å². The van der Waals surface area contributed by atoms with Crippen LogP contribution in [0.1, 0.15) is 63.4 Å². The van der Waals surface area contributed by atoms with Crippen LogP contribution in [0.2, 0.25) is 0 Å². The average molecular weight is 568 g/mol. The average Bonchev–Trinajstić information content (AvgIpc) is 2.88. The lowest BCUT2D eigenvalue weighted by atomic mass is 9.96. The van der Waals surface area contributed by atoms with Gasteiger partial charge in [0.25, 0.3) is 5.91 Å². The Morgan fingerprint density at radius 3 is 2.40 bits per heavy atom. The first-order valence-electron chi connectivity index (χ1n) is 13.4. The normalized spacial score (nSPS) is 14.3. The zero-order chi connectivity index (χ0) is 30.0. The smallest absolute Gasteiger partial charge is 0.387 e. The molecule has 0 radical (unpaired) electrons. The molecule has 0 heterocycles. The molecule has 0 spiro atoms. The van der Waals surface area contributed by atoms with Crippen molar-refractivity contribution in [2.75, 3.05) is 33.3 Å². The maximum absolute atomic E-state index is 14.3. The summed E-state index contributed by atoms with van der Waals surface area (Å²) in [6, 6.07) is 7.23. The van der Waals surface area contributed by atoms with Crippen molar-refractivity contribution in [2.24, 2.45) is 5.73 Å². The van der Waals surface area contributed by atoms with Gasteiger partial charge in [-0.1, -0.05) is 31.9 Å². The highest BCUT2D eigenvalue weighted by Gasteiger charge is 2.27. The molecule has 40 heavy (non-hydrogen) atoms. The highest BCUT2D eigenvalue weighted by molar-refractivity contribution is 5.95. The van der Waals surface area contributed by atoms with Crippen LogP contribution in [0.4, 0.5) is 17.6 Å². The molecule has 0 aliphatic carbocycles. The predicted molar refractivity (Wildman–Crippen MR) is 150 cm³/mol. The maximum Gasteiger partial charge on any atom is 0.387 e. The van der Waals surface area contributed by atoms with Crippen LogP contribution in [0.3, 0.4) is 0 Å². The number of amides is 1. The van der Waals surface area contributed by atoms with Crippen molar-refractivity contribution >= 4 is 12.0 Å². The lowest BCUT2D eigenvalue weighted by Crippen LogP contribution is -2.53. The number of hydrogen-bond donors (Lipinski definition) is 1. The second-order valence-electron chi connectivity index (χ2n) is 10.4. The molecular formula is C30H41F4N3O3. The minimum absolute atomic E-state index is 0.00607. The van der Waals surface area contributed by atoms with Gasteiger partial charge >= 0.3 is 6.61 Å². The number of nitrogens with zero attached hydrogens (tertiary/aromatic N) is 2. The first-order chi connectivity index (χ1) is 18.8. The summed E-state index contributed by atoms with van der Waals surface area (Å²) in [4.78, 5) is 17.6. The van der Waals surface area contributed by atoms with Crippen molar-refractivity contribution in [3.05, 3.63) is 64.7 Å². The molecule has 2 rings (SSSR count). The van der Waals surface area contributed by atoms with E-state index in [1.165, 1.54) is 37.4 Å². The van der Waals surface area contributed by atoms with Crippen LogP contribution in [0.5, 0.6) is 11.5 Å². The van der Waals surface area contributed by atoms with Crippen LogP contribution in [0, 0.1) is 11.6 Å². The van der Waals surface area contributed by atoms with Crippen LogP contribution in [-0.2, 0) is 0 Å². The van der Waals surface area contributed by atoms with E-state index < -0.39 is 23.8 Å². The maximum atomic E-state index is 14.3. The molecule has 0 fully saturated rings. The Morgan fingerprint density at radius 1 is 1.12 bits per heavy atom. The largest absolute Gasteiger partial charge is 0.493 e. The molecule has 2 atom stereocenters. The molecule has 1 amide bonds. The number of halogens is 4. The molecule has 2 aromatic rings. The van der Waals surface area contributed by atoms with Crippen molar-refractivity contribution in [3.63, 3.8) is 0 Å². The second-order valence-corrected chi connectivity index (χ2v) is 10.4. The Labute approximate surface area is 234 Å². The van der Waals surface area contributed by atoms with E-state index in [-0.39, 0.29) is 41.1 Å². The summed E-state index contributed by atoms with van der Waals surface area (Å²) in [6.07, 6.45) is 3.35. The van der Waals surface area contributed by atoms with E-state index in [0.29, 0.717) is 25.2 Å². The van der Waals surface area contributed by atoms with Crippen LogP contribution < -0.4 is 15.2 Å². The van der Waals surface area contributed by atoms with Crippen LogP contribution in [0.25, 0.3) is 6.08 Å². The molecular weight excluding hydrogens is 526 g/mol. The number of ether oxygens (including phenoxy) is 2. The van der Waals surface area contributed by atoms with Gasteiger partial charge in [0.2, 0.25) is 0 Å². The van der Waals surface area contributed by atoms with Gasteiger partial charge in [0.15, 0.2) is 11.5 Å². The molecule has 6 nitrogen and oxygen atoms in total. The third-order valence-electron chi connectivity index (χ3n) is 6.62. The van der Waals surface area contributed by atoms with E-state index in [1.807, 2.05) is 20.8 Å². The van der Waals surface area contributed by atoms with Gasteiger partial charge in [0, 0.05) is 48.4 Å². The fourth-order valence-electron chi connectivity index (χ4n) is 4.75. The fraction of sp³-hybridized carbons (Fsp3) is 0.500. The molecule has 0 saturated heterocycles. The van der Waals surface area contributed by atoms with E-state index in [2.05, 4.69) is 16.6 Å². The summed E-state index contributed by atoms with van der Waals surface area (Å²) in [5.41, 5.74) is 7.19. The van der Waals surface area contributed by atoms with Gasteiger partial charge in [-0.05, 0) is 64.1 Å². The molecule has 0 aliphatic heterocycles. The molecule has 0 aromatic heterocycles. The van der Waals surface area contributed by atoms with Crippen LogP contribution in [-0.4, -0.2) is 67.2 Å². The molecule has 0 saturated carbocycles. The van der Waals surface area contributed by atoms with Gasteiger partial charge < -0.3 is 20.1 Å². The summed E-state index contributed by atoms with van der Waals surface area (Å²) < 4.78 is 62.9. The monoisotopic (exact) mass is 567 g/mol. The standard InChI is InChI=1S/C30H41F4N3O3/c1-7-13-30(5,35)19-36(8-2)21(4)18-37(17-20(3)14-22-9-11-24(31)16-25(22)32)28(38)23-10-12-26(40-29(33)34)27(15-23)39-6/h9-12,14-16,21,29H,7-8,13,17-19,35H2,1-6H3/b20-14+/t21-,30?/m0/s1. The first kappa shape index (κ1) is 33.1. The summed E-state index contributed by atoms with van der Waals surface area (Å²) in [5.74, 6) is -1.96. The van der Waals surface area contributed by atoms with Crippen LogP contribution in [0.15, 0.2) is 42.0 Å². The minimum atomic E-state index is -3.05. The number of nitrogens with two attached hydrogens (primary N) is 1. The SMILES string of the molecule is CCCC(C)(N)CN(CC)[C@@H](C)CN(C/C(C)=C/c1ccc(F)cc1F)C(=O)c1ccc(OC(F)F)c(OC)c1. The first-order valence-corrected chi connectivity index (χ1v) is 13.4. The van der Waals surface area contributed by atoms with Gasteiger partial charge in [0.1, 0.15) is 11.6 Å². The van der Waals surface area contributed by atoms with Crippen molar-refractivity contribution in [1.82, 2.24) is 9.80 Å². The van der Waals surface area contributed by atoms with E-state index in [9.17, 15) is 22.4 Å². The quantitative estimate of drug-likeness (QED) is 0.254. The third-order valence-corrected chi connectivity index (χ3v) is 6.62. The van der Waals surface area contributed by atoms with Crippen molar-refractivity contribution in [2.45, 2.75) is 65.7 Å². The highest BCUT2D eigenvalue weighted by atomic mass is 19.3. The lowest BCUT2D eigenvalue weighted by molar-refractivity contribution is -0.0512. The number of carbonyl (C=O) groups excluding carboxylic acids is 1. The summed E-state index contributed by atoms with van der Waals surface area (Å²) in [7, 11) is 1.30. The summed E-state index contributed by atoms with van der Waals surface area (Å²) in [5, 5.41) is 0. The zero-order valence-corrected chi connectivity index (χ0v) is 24.1. The second kappa shape index (κ2) is 15.0. The number of methoxy groups -OCH3 is 1. The summed E-state index contributed by atoms with van der Waals surface area (Å²) in [6.45, 7) is 8.62. The molecule has 0 aliphatic rings. The van der Waals surface area contributed by atoms with Gasteiger partial charge in [-0.25, -0.2) is 8.78 Å². The zero-order valence-electron chi connectivity index (χ0n) is 24.1. The Morgan fingerprint density at radius 2 is 1.82 bits per heavy atom.